The first-order valence-electron chi connectivity index (χ1n) is 9.42. The second kappa shape index (κ2) is 8.64. The summed E-state index contributed by atoms with van der Waals surface area (Å²) in [6.07, 6.45) is 1.16. The molecule has 166 valence electrons. The van der Waals surface area contributed by atoms with Crippen LogP contribution in [-0.2, 0) is 16.6 Å². The summed E-state index contributed by atoms with van der Waals surface area (Å²) in [6.45, 7) is -0.110. The van der Waals surface area contributed by atoms with Crippen LogP contribution in [0.1, 0.15) is 15.2 Å². The average Bonchev–Trinajstić information content (AvgIpc) is 3.26. The van der Waals surface area contributed by atoms with Gasteiger partial charge in [-0.3, -0.25) is 9.10 Å². The summed E-state index contributed by atoms with van der Waals surface area (Å²) in [5.41, 5.74) is 1.22. The van der Waals surface area contributed by atoms with Crippen molar-refractivity contribution < 1.29 is 27.1 Å². The van der Waals surface area contributed by atoms with E-state index in [0.29, 0.717) is 27.6 Å². The number of allylic oxidation sites excluding steroid dienone is 1. The van der Waals surface area contributed by atoms with E-state index in [-0.39, 0.29) is 12.2 Å². The molecule has 32 heavy (non-hydrogen) atoms. The first-order valence-corrected chi connectivity index (χ1v) is 11.7. The van der Waals surface area contributed by atoms with Gasteiger partial charge in [-0.1, -0.05) is 12.1 Å². The number of fused-ring (bicyclic) bond motifs is 1. The zero-order valence-electron chi connectivity index (χ0n) is 17.2. The first-order chi connectivity index (χ1) is 15.3. The number of hydrogen-bond donors (Lipinski definition) is 1. The van der Waals surface area contributed by atoms with Crippen LogP contribution in [0.5, 0.6) is 11.5 Å². The standard InChI is InChI=1S/C22H19FN2O5S2/c1-29-17-9-16(10-18(11-17)30-2)24-12-20-21(26)22-19(6-7-31-22)25(32(20,27)28)13-14-4-3-5-15(23)8-14/h3-12,24H,13H2,1-2H3/b20-12-. The van der Waals surface area contributed by atoms with E-state index in [1.165, 1.54) is 32.4 Å². The topological polar surface area (TPSA) is 84.9 Å². The van der Waals surface area contributed by atoms with E-state index in [1.54, 1.807) is 35.7 Å². The SMILES string of the molecule is COc1cc(N/C=C2/C(=O)c3sccc3N(Cc3cccc(F)c3)S2(=O)=O)cc(OC)c1. The van der Waals surface area contributed by atoms with Crippen LogP contribution >= 0.6 is 11.3 Å². The summed E-state index contributed by atoms with van der Waals surface area (Å²) in [5.74, 6) is -0.0801. The smallest absolute Gasteiger partial charge is 0.270 e. The van der Waals surface area contributed by atoms with Gasteiger partial charge in [0.1, 0.15) is 22.2 Å². The van der Waals surface area contributed by atoms with Crippen molar-refractivity contribution in [2.24, 2.45) is 0 Å². The summed E-state index contributed by atoms with van der Waals surface area (Å²) in [7, 11) is -1.22. The Morgan fingerprint density at radius 3 is 2.47 bits per heavy atom. The lowest BCUT2D eigenvalue weighted by molar-refractivity contribution is 0.104. The molecule has 0 bridgehead atoms. The molecule has 0 atom stereocenters. The van der Waals surface area contributed by atoms with Gasteiger partial charge in [-0.15, -0.1) is 11.3 Å². The van der Waals surface area contributed by atoms with E-state index in [2.05, 4.69) is 5.32 Å². The minimum absolute atomic E-state index is 0.110. The molecule has 7 nitrogen and oxygen atoms in total. The van der Waals surface area contributed by atoms with Gasteiger partial charge in [0.25, 0.3) is 10.0 Å². The Labute approximate surface area is 188 Å². The molecular weight excluding hydrogens is 455 g/mol. The van der Waals surface area contributed by atoms with Gasteiger partial charge >= 0.3 is 0 Å². The number of rotatable bonds is 6. The van der Waals surface area contributed by atoms with Gasteiger partial charge in [-0.25, -0.2) is 12.8 Å². The van der Waals surface area contributed by atoms with Crippen LogP contribution in [0.3, 0.4) is 0 Å². The molecule has 0 saturated heterocycles. The van der Waals surface area contributed by atoms with Crippen molar-refractivity contribution in [2.75, 3.05) is 23.8 Å². The molecule has 1 aliphatic heterocycles. The third-order valence-corrected chi connectivity index (χ3v) is 7.52. The Morgan fingerprint density at radius 2 is 1.81 bits per heavy atom. The van der Waals surface area contributed by atoms with E-state index in [9.17, 15) is 17.6 Å². The molecule has 4 rings (SSSR count). The Hall–Kier alpha value is -3.37. The number of nitrogens with one attached hydrogen (secondary N) is 1. The third-order valence-electron chi connectivity index (χ3n) is 4.85. The fourth-order valence-corrected chi connectivity index (χ4v) is 5.78. The van der Waals surface area contributed by atoms with Crippen LogP contribution in [0, 0.1) is 5.82 Å². The maximum absolute atomic E-state index is 13.7. The zero-order valence-corrected chi connectivity index (χ0v) is 18.8. The Kier molecular flexibility index (Phi) is 5.90. The molecule has 1 aliphatic rings. The number of hydrogen-bond acceptors (Lipinski definition) is 7. The summed E-state index contributed by atoms with van der Waals surface area (Å²) in [5, 5.41) is 4.52. The summed E-state index contributed by atoms with van der Waals surface area (Å²) in [6, 6.07) is 12.2. The fourth-order valence-electron chi connectivity index (χ4n) is 3.30. The molecule has 3 aromatic rings. The fraction of sp³-hybridized carbons (Fsp3) is 0.136. The monoisotopic (exact) mass is 474 g/mol. The maximum Gasteiger partial charge on any atom is 0.270 e. The lowest BCUT2D eigenvalue weighted by Crippen LogP contribution is -2.38. The van der Waals surface area contributed by atoms with Gasteiger partial charge in [-0.2, -0.15) is 0 Å². The summed E-state index contributed by atoms with van der Waals surface area (Å²) >= 11 is 1.15. The van der Waals surface area contributed by atoms with E-state index in [4.69, 9.17) is 9.47 Å². The number of carbonyl (C=O) groups excluding carboxylic acids is 1. The lowest BCUT2D eigenvalue weighted by Gasteiger charge is -2.29. The number of halogens is 1. The van der Waals surface area contributed by atoms with Gasteiger partial charge in [-0.05, 0) is 29.1 Å². The number of thiophene rings is 1. The number of ether oxygens (including phenoxy) is 2. The van der Waals surface area contributed by atoms with Crippen molar-refractivity contribution in [3.8, 4) is 11.5 Å². The molecular formula is C22H19FN2O5S2. The lowest BCUT2D eigenvalue weighted by atomic mass is 10.2. The molecule has 1 N–H and O–H groups in total. The van der Waals surface area contributed by atoms with E-state index >= 15 is 0 Å². The highest BCUT2D eigenvalue weighted by atomic mass is 32.2. The Balaban J connectivity index is 1.74. The van der Waals surface area contributed by atoms with Crippen molar-refractivity contribution in [3.63, 3.8) is 0 Å². The van der Waals surface area contributed by atoms with Crippen LogP contribution in [0.4, 0.5) is 15.8 Å². The number of nitrogens with zero attached hydrogens (tertiary/aromatic N) is 1. The highest BCUT2D eigenvalue weighted by molar-refractivity contribution is 7.97. The number of ketones is 1. The van der Waals surface area contributed by atoms with Crippen LogP contribution in [-0.4, -0.2) is 28.4 Å². The second-order valence-corrected chi connectivity index (χ2v) is 9.61. The molecule has 1 aromatic heterocycles. The van der Waals surface area contributed by atoms with Gasteiger partial charge in [0, 0.05) is 30.1 Å². The number of carbonyl (C=O) groups is 1. The number of methoxy groups -OCH3 is 2. The second-order valence-electron chi connectivity index (χ2n) is 6.86. The molecule has 2 heterocycles. The van der Waals surface area contributed by atoms with Crippen molar-refractivity contribution >= 4 is 38.5 Å². The molecule has 0 saturated carbocycles. The zero-order chi connectivity index (χ0) is 22.9. The third kappa shape index (κ3) is 4.06. The molecule has 0 amide bonds. The van der Waals surface area contributed by atoms with Crippen LogP contribution in [0.25, 0.3) is 0 Å². The molecule has 0 radical (unpaired) electrons. The number of anilines is 2. The molecule has 10 heteroatoms. The minimum atomic E-state index is -4.21. The van der Waals surface area contributed by atoms with Crippen LogP contribution in [0.2, 0.25) is 0 Å². The number of benzene rings is 2. The molecule has 0 unspecified atom stereocenters. The largest absolute Gasteiger partial charge is 0.497 e. The van der Waals surface area contributed by atoms with Gasteiger partial charge in [0.05, 0.1) is 26.5 Å². The van der Waals surface area contributed by atoms with Gasteiger partial charge in [0.2, 0.25) is 5.78 Å². The van der Waals surface area contributed by atoms with Crippen molar-refractivity contribution in [1.82, 2.24) is 0 Å². The van der Waals surface area contributed by atoms with Crippen molar-refractivity contribution in [1.29, 1.82) is 0 Å². The first kappa shape index (κ1) is 21.8. The minimum Gasteiger partial charge on any atom is -0.497 e. The molecule has 2 aromatic carbocycles. The van der Waals surface area contributed by atoms with E-state index < -0.39 is 26.5 Å². The van der Waals surface area contributed by atoms with Crippen molar-refractivity contribution in [2.45, 2.75) is 6.54 Å². The van der Waals surface area contributed by atoms with E-state index in [1.807, 2.05) is 0 Å². The van der Waals surface area contributed by atoms with Crippen LogP contribution < -0.4 is 19.1 Å². The quantitative estimate of drug-likeness (QED) is 0.534. The van der Waals surface area contributed by atoms with Crippen molar-refractivity contribution in [3.05, 3.63) is 81.3 Å². The van der Waals surface area contributed by atoms with E-state index in [0.717, 1.165) is 21.8 Å². The molecule has 0 fully saturated rings. The highest BCUT2D eigenvalue weighted by Gasteiger charge is 2.41. The van der Waals surface area contributed by atoms with Gasteiger partial charge < -0.3 is 14.8 Å². The predicted molar refractivity (Wildman–Crippen MR) is 121 cm³/mol. The summed E-state index contributed by atoms with van der Waals surface area (Å²) in [4.78, 5) is 12.9. The van der Waals surface area contributed by atoms with Gasteiger partial charge in [0.15, 0.2) is 4.91 Å². The molecule has 0 spiro atoms. The molecule has 0 aliphatic carbocycles. The Morgan fingerprint density at radius 1 is 1.09 bits per heavy atom. The predicted octanol–water partition coefficient (Wildman–Crippen LogP) is 4.39. The summed E-state index contributed by atoms with van der Waals surface area (Å²) < 4.78 is 52.0. The van der Waals surface area contributed by atoms with Crippen LogP contribution in [0.15, 0.2) is 65.0 Å². The number of Topliss-reactive ketones (excluding diaryl/α,β-unsaturated/α-hetero) is 1. The Bertz CT molecular complexity index is 1300. The highest BCUT2D eigenvalue weighted by Crippen LogP contribution is 2.39. The number of sulfonamides is 1. The normalized spacial score (nSPS) is 16.0. The maximum atomic E-state index is 13.7. The average molecular weight is 475 g/mol.